The monoisotopic (exact) mass is 234 g/mol. The van der Waals surface area contributed by atoms with E-state index in [1.54, 1.807) is 0 Å². The molecule has 0 aliphatic rings. The molecule has 6 nitrogen and oxygen atoms in total. The van der Waals surface area contributed by atoms with Gasteiger partial charge in [0, 0.05) is 17.7 Å². The molecule has 1 aromatic rings. The van der Waals surface area contributed by atoms with Crippen LogP contribution in [0.1, 0.15) is 5.56 Å². The normalized spacial score (nSPS) is 11.3. The molecule has 0 aliphatic carbocycles. The molecule has 15 heavy (non-hydrogen) atoms. The molecule has 0 unspecified atom stereocenters. The number of non-ortho nitro benzene ring substituents is 1. The standard InChI is InChI=1S/C7H7FN2O4S/c8-4-5-1-2-6(10(11)12)3-7(5)15(9,13)14/h1-3H,4H2,(H2,9,13,14). The zero-order valence-corrected chi connectivity index (χ0v) is 8.20. The first-order valence-electron chi connectivity index (χ1n) is 3.72. The maximum absolute atomic E-state index is 12.4. The van der Waals surface area contributed by atoms with Gasteiger partial charge in [-0.1, -0.05) is 0 Å². The van der Waals surface area contributed by atoms with Gasteiger partial charge in [0.15, 0.2) is 0 Å². The smallest absolute Gasteiger partial charge is 0.258 e. The number of benzene rings is 1. The Kier molecular flexibility index (Phi) is 3.01. The van der Waals surface area contributed by atoms with Gasteiger partial charge in [-0.3, -0.25) is 10.1 Å². The van der Waals surface area contributed by atoms with Crippen LogP contribution in [-0.2, 0) is 16.7 Å². The van der Waals surface area contributed by atoms with E-state index in [4.69, 9.17) is 5.14 Å². The van der Waals surface area contributed by atoms with Gasteiger partial charge in [0.05, 0.1) is 9.82 Å². The highest BCUT2D eigenvalue weighted by atomic mass is 32.2. The van der Waals surface area contributed by atoms with E-state index >= 15 is 0 Å². The van der Waals surface area contributed by atoms with Crippen LogP contribution in [0, 0.1) is 10.1 Å². The Morgan fingerprint density at radius 3 is 2.47 bits per heavy atom. The van der Waals surface area contributed by atoms with Crippen molar-refractivity contribution in [1.29, 1.82) is 0 Å². The number of hydrogen-bond donors (Lipinski definition) is 1. The van der Waals surface area contributed by atoms with Gasteiger partial charge in [0.2, 0.25) is 10.0 Å². The summed E-state index contributed by atoms with van der Waals surface area (Å²) in [4.78, 5) is 9.02. The van der Waals surface area contributed by atoms with Crippen molar-refractivity contribution in [3.63, 3.8) is 0 Å². The molecule has 1 aromatic carbocycles. The zero-order chi connectivity index (χ0) is 11.6. The van der Waals surface area contributed by atoms with Crippen LogP contribution in [0.15, 0.2) is 23.1 Å². The summed E-state index contributed by atoms with van der Waals surface area (Å²) in [7, 11) is -4.15. The highest BCUT2D eigenvalue weighted by Crippen LogP contribution is 2.21. The Labute approximate surface area is 84.7 Å². The van der Waals surface area contributed by atoms with Crippen LogP contribution in [0.5, 0.6) is 0 Å². The summed E-state index contributed by atoms with van der Waals surface area (Å²) in [5.41, 5.74) is -0.640. The first-order valence-corrected chi connectivity index (χ1v) is 5.27. The minimum atomic E-state index is -4.15. The van der Waals surface area contributed by atoms with E-state index in [1.807, 2.05) is 0 Å². The third-order valence-electron chi connectivity index (χ3n) is 1.71. The van der Waals surface area contributed by atoms with Crippen molar-refractivity contribution in [1.82, 2.24) is 0 Å². The molecule has 0 amide bonds. The number of sulfonamides is 1. The second-order valence-electron chi connectivity index (χ2n) is 2.73. The van der Waals surface area contributed by atoms with Gasteiger partial charge in [-0.05, 0) is 6.07 Å². The number of primary sulfonamides is 1. The molecule has 0 bridgehead atoms. The maximum Gasteiger partial charge on any atom is 0.270 e. The Bertz CT molecular complexity index is 500. The predicted octanol–water partition coefficient (Wildman–Crippen LogP) is 0.712. The summed E-state index contributed by atoms with van der Waals surface area (Å²) in [6, 6.07) is 2.78. The minimum Gasteiger partial charge on any atom is -0.258 e. The summed E-state index contributed by atoms with van der Waals surface area (Å²) in [6.45, 7) is -1.05. The molecule has 0 heterocycles. The molecular weight excluding hydrogens is 227 g/mol. The van der Waals surface area contributed by atoms with Crippen molar-refractivity contribution in [3.8, 4) is 0 Å². The summed E-state index contributed by atoms with van der Waals surface area (Å²) in [5.74, 6) is 0. The van der Waals surface area contributed by atoms with E-state index in [9.17, 15) is 22.9 Å². The summed E-state index contributed by atoms with van der Waals surface area (Å²) >= 11 is 0. The number of nitrogens with zero attached hydrogens (tertiary/aromatic N) is 1. The Hall–Kier alpha value is -1.54. The minimum absolute atomic E-state index is 0.192. The molecule has 0 saturated carbocycles. The average Bonchev–Trinajstić information content (AvgIpc) is 2.15. The van der Waals surface area contributed by atoms with Gasteiger partial charge < -0.3 is 0 Å². The van der Waals surface area contributed by atoms with Crippen LogP contribution in [0.3, 0.4) is 0 Å². The van der Waals surface area contributed by atoms with Gasteiger partial charge in [-0.25, -0.2) is 17.9 Å². The molecule has 0 aromatic heterocycles. The van der Waals surface area contributed by atoms with Crippen LogP contribution in [0.4, 0.5) is 10.1 Å². The zero-order valence-electron chi connectivity index (χ0n) is 7.38. The van der Waals surface area contributed by atoms with Crippen molar-refractivity contribution in [3.05, 3.63) is 33.9 Å². The lowest BCUT2D eigenvalue weighted by Gasteiger charge is -2.03. The lowest BCUT2D eigenvalue weighted by molar-refractivity contribution is -0.385. The molecule has 0 saturated heterocycles. The summed E-state index contributed by atoms with van der Waals surface area (Å²) in [6.07, 6.45) is 0. The first kappa shape index (κ1) is 11.5. The van der Waals surface area contributed by atoms with Crippen LogP contribution in [-0.4, -0.2) is 13.3 Å². The van der Waals surface area contributed by atoms with Gasteiger partial charge in [0.1, 0.15) is 6.67 Å². The number of nitro benzene ring substituents is 1. The quantitative estimate of drug-likeness (QED) is 0.614. The number of nitro groups is 1. The van der Waals surface area contributed by atoms with Gasteiger partial charge in [-0.15, -0.1) is 0 Å². The molecule has 0 fully saturated rings. The maximum atomic E-state index is 12.4. The number of hydrogen-bond acceptors (Lipinski definition) is 4. The Morgan fingerprint density at radius 1 is 1.47 bits per heavy atom. The van der Waals surface area contributed by atoms with Crippen molar-refractivity contribution >= 4 is 15.7 Å². The Balaban J connectivity index is 3.46. The molecule has 0 aliphatic heterocycles. The lowest BCUT2D eigenvalue weighted by atomic mass is 10.2. The summed E-state index contributed by atoms with van der Waals surface area (Å²) < 4.78 is 34.3. The number of alkyl halides is 1. The van der Waals surface area contributed by atoms with E-state index in [-0.39, 0.29) is 5.56 Å². The topological polar surface area (TPSA) is 103 Å². The van der Waals surface area contributed by atoms with Crippen molar-refractivity contribution in [2.45, 2.75) is 11.6 Å². The molecule has 0 atom stereocenters. The van der Waals surface area contributed by atoms with Gasteiger partial charge in [-0.2, -0.15) is 0 Å². The second kappa shape index (κ2) is 3.91. The van der Waals surface area contributed by atoms with Crippen LogP contribution >= 0.6 is 0 Å². The molecule has 82 valence electrons. The molecule has 2 N–H and O–H groups in total. The predicted molar refractivity (Wildman–Crippen MR) is 49.3 cm³/mol. The van der Waals surface area contributed by atoms with Crippen molar-refractivity contribution < 1.29 is 17.7 Å². The van der Waals surface area contributed by atoms with E-state index in [1.165, 1.54) is 0 Å². The van der Waals surface area contributed by atoms with Crippen molar-refractivity contribution in [2.24, 2.45) is 5.14 Å². The summed E-state index contributed by atoms with van der Waals surface area (Å²) in [5, 5.41) is 15.1. The number of rotatable bonds is 3. The largest absolute Gasteiger partial charge is 0.270 e. The van der Waals surface area contributed by atoms with Gasteiger partial charge in [0.25, 0.3) is 5.69 Å². The fraction of sp³-hybridized carbons (Fsp3) is 0.143. The first-order chi connectivity index (χ1) is 6.86. The highest BCUT2D eigenvalue weighted by molar-refractivity contribution is 7.89. The fourth-order valence-electron chi connectivity index (χ4n) is 1.03. The molecular formula is C7H7FN2O4S. The van der Waals surface area contributed by atoms with Crippen molar-refractivity contribution in [2.75, 3.05) is 0 Å². The molecule has 1 rings (SSSR count). The van der Waals surface area contributed by atoms with Crippen LogP contribution < -0.4 is 5.14 Å². The SMILES string of the molecule is NS(=O)(=O)c1cc([N+](=O)[O-])ccc1CF. The van der Waals surface area contributed by atoms with Crippen LogP contribution in [0.25, 0.3) is 0 Å². The lowest BCUT2D eigenvalue weighted by Crippen LogP contribution is -2.14. The van der Waals surface area contributed by atoms with E-state index in [0.717, 1.165) is 18.2 Å². The second-order valence-corrected chi connectivity index (χ2v) is 4.26. The third kappa shape index (κ3) is 2.48. The highest BCUT2D eigenvalue weighted by Gasteiger charge is 2.18. The Morgan fingerprint density at radius 2 is 2.07 bits per heavy atom. The molecule has 8 heteroatoms. The fourth-order valence-corrected chi connectivity index (χ4v) is 1.81. The average molecular weight is 234 g/mol. The van der Waals surface area contributed by atoms with E-state index in [0.29, 0.717) is 0 Å². The van der Waals surface area contributed by atoms with E-state index < -0.39 is 32.2 Å². The van der Waals surface area contributed by atoms with Gasteiger partial charge >= 0.3 is 0 Å². The number of halogens is 1. The molecule has 0 spiro atoms. The number of nitrogens with two attached hydrogens (primary N) is 1. The molecule has 0 radical (unpaired) electrons. The van der Waals surface area contributed by atoms with Crippen LogP contribution in [0.2, 0.25) is 0 Å². The third-order valence-corrected chi connectivity index (χ3v) is 2.71. The van der Waals surface area contributed by atoms with E-state index in [2.05, 4.69) is 0 Å².